The van der Waals surface area contributed by atoms with Crippen LogP contribution in [-0.2, 0) is 0 Å². The minimum absolute atomic E-state index is 0.186. The van der Waals surface area contributed by atoms with Gasteiger partial charge in [-0.25, -0.2) is 0 Å². The first kappa shape index (κ1) is 17.5. The van der Waals surface area contributed by atoms with Crippen molar-refractivity contribution in [2.75, 3.05) is 28.4 Å². The molecule has 1 aliphatic heterocycles. The molecule has 2 aromatic rings. The largest absolute Gasteiger partial charge is 0.504 e. The molecule has 0 atom stereocenters. The zero-order chi connectivity index (χ0) is 18.0. The highest BCUT2D eigenvalue weighted by atomic mass is 28.3. The monoisotopic (exact) mass is 360 g/mol. The van der Waals surface area contributed by atoms with E-state index < -0.39 is 8.07 Å². The highest BCUT2D eigenvalue weighted by Gasteiger charge is 2.44. The molecule has 0 radical (unpaired) electrons. The maximum atomic E-state index is 10.2. The van der Waals surface area contributed by atoms with Gasteiger partial charge >= 0.3 is 0 Å². The summed E-state index contributed by atoms with van der Waals surface area (Å²) < 4.78 is 21.7. The Labute approximate surface area is 149 Å². The van der Waals surface area contributed by atoms with Gasteiger partial charge in [0.2, 0.25) is 5.75 Å². The second-order valence-electron chi connectivity index (χ2n) is 6.24. The van der Waals surface area contributed by atoms with E-state index in [1.165, 1.54) is 16.8 Å². The zero-order valence-electron chi connectivity index (χ0n) is 15.1. The Hall–Kier alpha value is -2.34. The van der Waals surface area contributed by atoms with E-state index >= 15 is 0 Å². The van der Waals surface area contributed by atoms with E-state index in [2.05, 4.69) is 18.2 Å². The first-order chi connectivity index (χ1) is 12.1. The van der Waals surface area contributed by atoms with Gasteiger partial charge in [0.05, 0.1) is 28.4 Å². The molecule has 0 saturated carbocycles. The molecular weight excluding hydrogens is 336 g/mol. The topological polar surface area (TPSA) is 57.2 Å². The molecule has 0 aliphatic carbocycles. The average molecular weight is 360 g/mol. The number of ether oxygens (including phenoxy) is 4. The van der Waals surface area contributed by atoms with Gasteiger partial charge in [-0.1, -0.05) is 17.7 Å². The van der Waals surface area contributed by atoms with Crippen LogP contribution in [0.1, 0.15) is 6.42 Å². The van der Waals surface area contributed by atoms with E-state index in [1.54, 1.807) is 28.4 Å². The summed E-state index contributed by atoms with van der Waals surface area (Å²) in [6.45, 7) is 0. The van der Waals surface area contributed by atoms with Crippen molar-refractivity contribution in [3.63, 3.8) is 0 Å². The number of benzene rings is 2. The van der Waals surface area contributed by atoms with Crippen LogP contribution in [0.4, 0.5) is 0 Å². The van der Waals surface area contributed by atoms with Crippen molar-refractivity contribution in [1.82, 2.24) is 0 Å². The van der Waals surface area contributed by atoms with Gasteiger partial charge in [0.1, 0.15) is 8.07 Å². The van der Waals surface area contributed by atoms with Crippen molar-refractivity contribution in [2.45, 2.75) is 18.5 Å². The third kappa shape index (κ3) is 2.80. The summed E-state index contributed by atoms with van der Waals surface area (Å²) in [6.07, 6.45) is 1.19. The Morgan fingerprint density at radius 2 is 1.36 bits per heavy atom. The smallest absolute Gasteiger partial charge is 0.203 e. The van der Waals surface area contributed by atoms with Crippen LogP contribution in [-0.4, -0.2) is 41.6 Å². The van der Waals surface area contributed by atoms with E-state index in [0.29, 0.717) is 23.0 Å². The molecule has 1 saturated heterocycles. The Morgan fingerprint density at radius 1 is 0.760 bits per heavy atom. The molecule has 0 amide bonds. The predicted molar refractivity (Wildman–Crippen MR) is 100 cm³/mol. The number of rotatable bonds is 6. The Morgan fingerprint density at radius 3 is 1.76 bits per heavy atom. The van der Waals surface area contributed by atoms with Crippen LogP contribution in [0.15, 0.2) is 30.3 Å². The van der Waals surface area contributed by atoms with Gasteiger partial charge in [-0.3, -0.25) is 0 Å². The first-order valence-corrected chi connectivity index (χ1v) is 10.7. The van der Waals surface area contributed by atoms with Gasteiger partial charge in [0, 0.05) is 0 Å². The van der Waals surface area contributed by atoms with E-state index in [-0.39, 0.29) is 5.75 Å². The molecular formula is C19H24O5Si. The van der Waals surface area contributed by atoms with Crippen LogP contribution in [0.3, 0.4) is 0 Å². The number of methoxy groups -OCH3 is 4. The first-order valence-electron chi connectivity index (χ1n) is 8.27. The lowest BCUT2D eigenvalue weighted by Crippen LogP contribution is -2.62. The number of hydrogen-bond acceptors (Lipinski definition) is 5. The third-order valence-electron chi connectivity index (χ3n) is 5.16. The summed E-state index contributed by atoms with van der Waals surface area (Å²) >= 11 is 0. The lowest BCUT2D eigenvalue weighted by molar-refractivity contribution is 0.325. The van der Waals surface area contributed by atoms with Crippen LogP contribution >= 0.6 is 0 Å². The maximum Gasteiger partial charge on any atom is 0.203 e. The Kier molecular flexibility index (Phi) is 4.81. The van der Waals surface area contributed by atoms with E-state index in [0.717, 1.165) is 12.1 Å². The van der Waals surface area contributed by atoms with Gasteiger partial charge < -0.3 is 24.1 Å². The van der Waals surface area contributed by atoms with Crippen LogP contribution in [0, 0.1) is 0 Å². The van der Waals surface area contributed by atoms with Crippen molar-refractivity contribution < 1.29 is 24.1 Å². The quantitative estimate of drug-likeness (QED) is 0.802. The molecule has 0 bridgehead atoms. The summed E-state index contributed by atoms with van der Waals surface area (Å²) in [5, 5.41) is 12.7. The predicted octanol–water partition coefficient (Wildman–Crippen LogP) is 2.39. The zero-order valence-corrected chi connectivity index (χ0v) is 16.1. The Balaban J connectivity index is 2.13. The van der Waals surface area contributed by atoms with E-state index in [4.69, 9.17) is 18.9 Å². The van der Waals surface area contributed by atoms with Gasteiger partial charge in [0.15, 0.2) is 23.0 Å². The number of phenols is 1. The number of phenolic OH excluding ortho intramolecular Hbond substituents is 1. The lowest BCUT2D eigenvalue weighted by atomic mass is 10.3. The fourth-order valence-electron chi connectivity index (χ4n) is 3.62. The Bertz CT molecular complexity index is 745. The molecule has 3 rings (SSSR count). The molecule has 0 unspecified atom stereocenters. The molecule has 1 fully saturated rings. The molecule has 0 aromatic heterocycles. The van der Waals surface area contributed by atoms with Crippen molar-refractivity contribution >= 4 is 18.4 Å². The molecule has 6 heteroatoms. The lowest BCUT2D eigenvalue weighted by Gasteiger charge is -2.41. The molecule has 1 aliphatic rings. The molecule has 134 valence electrons. The van der Waals surface area contributed by atoms with Crippen molar-refractivity contribution in [3.8, 4) is 28.7 Å². The van der Waals surface area contributed by atoms with E-state index in [9.17, 15) is 5.11 Å². The van der Waals surface area contributed by atoms with Crippen molar-refractivity contribution in [2.24, 2.45) is 0 Å². The number of hydrogen-bond donors (Lipinski definition) is 1. The molecule has 5 nitrogen and oxygen atoms in total. The summed E-state index contributed by atoms with van der Waals surface area (Å²) in [7, 11) is 4.51. The SMILES string of the molecule is COc1ccc([Si]2(c3cc(OC)c(OC)c(OC)c3)CCC2)cc1O. The van der Waals surface area contributed by atoms with Gasteiger partial charge in [-0.05, 0) is 41.5 Å². The average Bonchev–Trinajstić information content (AvgIpc) is 2.60. The normalized spacial score (nSPS) is 15.2. The fourth-order valence-corrected chi connectivity index (χ4v) is 7.80. The standard InChI is InChI=1S/C19H24O5Si/c1-21-16-7-6-13(10-15(16)20)25(8-5-9-25)14-11-17(22-2)19(24-4)18(12-14)23-3/h6-7,10-12,20H,5,8-9H2,1-4H3. The second-order valence-corrected chi connectivity index (χ2v) is 10.6. The van der Waals surface area contributed by atoms with Gasteiger partial charge in [-0.2, -0.15) is 0 Å². The highest BCUT2D eigenvalue weighted by Crippen LogP contribution is 2.40. The fraction of sp³-hybridized carbons (Fsp3) is 0.368. The van der Waals surface area contributed by atoms with Crippen molar-refractivity contribution in [1.29, 1.82) is 0 Å². The summed E-state index contributed by atoms with van der Waals surface area (Å²) in [5.41, 5.74) is 0. The minimum Gasteiger partial charge on any atom is -0.504 e. The summed E-state index contributed by atoms with van der Waals surface area (Å²) in [4.78, 5) is 0. The molecule has 2 aromatic carbocycles. The third-order valence-corrected chi connectivity index (χ3v) is 10.4. The molecule has 25 heavy (non-hydrogen) atoms. The van der Waals surface area contributed by atoms with Crippen LogP contribution in [0.25, 0.3) is 0 Å². The number of aromatic hydroxyl groups is 1. The highest BCUT2D eigenvalue weighted by molar-refractivity contribution is 7.04. The van der Waals surface area contributed by atoms with Crippen LogP contribution in [0.2, 0.25) is 12.1 Å². The summed E-state index contributed by atoms with van der Waals surface area (Å²) in [5.74, 6) is 2.64. The molecule has 0 spiro atoms. The molecule has 1 heterocycles. The van der Waals surface area contributed by atoms with Crippen LogP contribution < -0.4 is 29.3 Å². The minimum atomic E-state index is -1.92. The van der Waals surface area contributed by atoms with Gasteiger partial charge in [0.25, 0.3) is 0 Å². The van der Waals surface area contributed by atoms with Gasteiger partial charge in [-0.15, -0.1) is 0 Å². The van der Waals surface area contributed by atoms with Crippen molar-refractivity contribution in [3.05, 3.63) is 30.3 Å². The van der Waals surface area contributed by atoms with Crippen LogP contribution in [0.5, 0.6) is 28.7 Å². The van der Waals surface area contributed by atoms with E-state index in [1.807, 2.05) is 12.1 Å². The molecule has 1 N–H and O–H groups in total. The summed E-state index contributed by atoms with van der Waals surface area (Å²) in [6, 6.07) is 12.2. The second kappa shape index (κ2) is 6.88. The maximum absolute atomic E-state index is 10.2.